The summed E-state index contributed by atoms with van der Waals surface area (Å²) >= 11 is 0. The molecule has 1 N–H and O–H groups in total. The van der Waals surface area contributed by atoms with E-state index >= 15 is 0 Å². The third-order valence-corrected chi connectivity index (χ3v) is 5.44. The van der Waals surface area contributed by atoms with Gasteiger partial charge in [-0.25, -0.2) is 8.42 Å². The standard InChI is InChI=1S/C11H14F3N3O4S/c1-16-9(6-8(15-16)11(12,13)14)22(20,21)17-4-2-3-7(17)5-10(18)19/h6-7H,2-5H2,1H3,(H,18,19). The minimum Gasteiger partial charge on any atom is -0.481 e. The molecule has 1 aliphatic rings. The highest BCUT2D eigenvalue weighted by Gasteiger charge is 2.41. The Balaban J connectivity index is 2.38. The van der Waals surface area contributed by atoms with Gasteiger partial charge in [-0.3, -0.25) is 9.48 Å². The topological polar surface area (TPSA) is 92.5 Å². The molecule has 0 bridgehead atoms. The Hall–Kier alpha value is -1.62. The molecule has 1 aromatic heterocycles. The zero-order valence-corrected chi connectivity index (χ0v) is 12.4. The first-order chi connectivity index (χ1) is 10.0. The second-order valence-corrected chi connectivity index (χ2v) is 6.84. The van der Waals surface area contributed by atoms with Crippen LogP contribution < -0.4 is 0 Å². The maximum absolute atomic E-state index is 12.6. The third-order valence-electron chi connectivity index (χ3n) is 3.43. The van der Waals surface area contributed by atoms with Crippen LogP contribution in [0.2, 0.25) is 0 Å². The van der Waals surface area contributed by atoms with Crippen LogP contribution in [0, 0.1) is 0 Å². The van der Waals surface area contributed by atoms with Gasteiger partial charge in [0.15, 0.2) is 10.7 Å². The first-order valence-corrected chi connectivity index (χ1v) is 7.82. The van der Waals surface area contributed by atoms with Gasteiger partial charge in [0.2, 0.25) is 0 Å². The van der Waals surface area contributed by atoms with Gasteiger partial charge in [-0.15, -0.1) is 0 Å². The van der Waals surface area contributed by atoms with Crippen LogP contribution in [-0.2, 0) is 28.0 Å². The van der Waals surface area contributed by atoms with E-state index in [1.165, 1.54) is 0 Å². The average Bonchev–Trinajstić information content (AvgIpc) is 2.94. The Morgan fingerprint density at radius 1 is 1.50 bits per heavy atom. The molecule has 1 saturated heterocycles. The van der Waals surface area contributed by atoms with E-state index in [9.17, 15) is 26.4 Å². The minimum atomic E-state index is -4.75. The van der Waals surface area contributed by atoms with Crippen LogP contribution in [0.4, 0.5) is 13.2 Å². The number of sulfonamides is 1. The summed E-state index contributed by atoms with van der Waals surface area (Å²) in [5.41, 5.74) is -1.30. The lowest BCUT2D eigenvalue weighted by Crippen LogP contribution is -2.37. The number of carboxylic acids is 1. The number of hydrogen-bond donors (Lipinski definition) is 1. The largest absolute Gasteiger partial charge is 0.481 e. The van der Waals surface area contributed by atoms with Crippen molar-refractivity contribution in [2.75, 3.05) is 6.54 Å². The van der Waals surface area contributed by atoms with Gasteiger partial charge in [0.1, 0.15) is 0 Å². The number of nitrogens with zero attached hydrogens (tertiary/aromatic N) is 3. The van der Waals surface area contributed by atoms with Crippen LogP contribution in [-0.4, -0.2) is 46.2 Å². The van der Waals surface area contributed by atoms with E-state index in [-0.39, 0.29) is 13.0 Å². The van der Waals surface area contributed by atoms with E-state index in [4.69, 9.17) is 5.11 Å². The van der Waals surface area contributed by atoms with E-state index < -0.39 is 38.9 Å². The van der Waals surface area contributed by atoms with Gasteiger partial charge in [-0.1, -0.05) is 0 Å². The van der Waals surface area contributed by atoms with Crippen molar-refractivity contribution in [1.82, 2.24) is 14.1 Å². The van der Waals surface area contributed by atoms with Crippen LogP contribution in [0.15, 0.2) is 11.1 Å². The molecule has 1 fully saturated rings. The van der Waals surface area contributed by atoms with Crippen molar-refractivity contribution in [1.29, 1.82) is 0 Å². The second-order valence-electron chi connectivity index (χ2n) is 5.00. The smallest absolute Gasteiger partial charge is 0.435 e. The minimum absolute atomic E-state index is 0.0762. The molecule has 0 aromatic carbocycles. The predicted molar refractivity (Wildman–Crippen MR) is 67.4 cm³/mol. The normalized spacial score (nSPS) is 20.5. The SMILES string of the molecule is Cn1nc(C(F)(F)F)cc1S(=O)(=O)N1CCCC1CC(=O)O. The molecule has 22 heavy (non-hydrogen) atoms. The van der Waals surface area contributed by atoms with Gasteiger partial charge in [0.05, 0.1) is 6.42 Å². The zero-order valence-electron chi connectivity index (χ0n) is 11.5. The Morgan fingerprint density at radius 2 is 2.14 bits per heavy atom. The first kappa shape index (κ1) is 16.7. The average molecular weight is 341 g/mol. The lowest BCUT2D eigenvalue weighted by Gasteiger charge is -2.22. The summed E-state index contributed by atoms with van der Waals surface area (Å²) in [4.78, 5) is 10.8. The summed E-state index contributed by atoms with van der Waals surface area (Å²) in [5, 5.41) is 11.4. The molecular formula is C11H14F3N3O4S. The molecule has 1 aromatic rings. The van der Waals surface area contributed by atoms with Crippen molar-refractivity contribution in [2.45, 2.75) is 36.5 Å². The number of aryl methyl sites for hydroxylation is 1. The molecule has 0 saturated carbocycles. The zero-order chi connectivity index (χ0) is 16.7. The highest BCUT2D eigenvalue weighted by Crippen LogP contribution is 2.32. The van der Waals surface area contributed by atoms with Gasteiger partial charge >= 0.3 is 12.1 Å². The fraction of sp³-hybridized carbons (Fsp3) is 0.636. The first-order valence-electron chi connectivity index (χ1n) is 6.38. The Labute approximate surface area is 124 Å². The fourth-order valence-corrected chi connectivity index (χ4v) is 4.30. The van der Waals surface area contributed by atoms with Crippen molar-refractivity contribution in [2.24, 2.45) is 7.05 Å². The van der Waals surface area contributed by atoms with Crippen LogP contribution in [0.3, 0.4) is 0 Å². The monoisotopic (exact) mass is 341 g/mol. The van der Waals surface area contributed by atoms with E-state index in [0.29, 0.717) is 23.6 Å². The van der Waals surface area contributed by atoms with Crippen molar-refractivity contribution in [3.05, 3.63) is 11.8 Å². The molecule has 0 radical (unpaired) electrons. The third kappa shape index (κ3) is 3.09. The van der Waals surface area contributed by atoms with Crippen LogP contribution in [0.5, 0.6) is 0 Å². The molecule has 2 rings (SSSR count). The number of alkyl halides is 3. The Morgan fingerprint density at radius 3 is 2.64 bits per heavy atom. The van der Waals surface area contributed by atoms with Gasteiger partial charge in [-0.05, 0) is 12.8 Å². The molecule has 0 spiro atoms. The van der Waals surface area contributed by atoms with Gasteiger partial charge < -0.3 is 5.11 Å². The lowest BCUT2D eigenvalue weighted by atomic mass is 10.2. The molecule has 1 atom stereocenters. The predicted octanol–water partition coefficient (Wildman–Crippen LogP) is 1.07. The molecule has 0 amide bonds. The molecule has 2 heterocycles. The number of aliphatic carboxylic acids is 1. The summed E-state index contributed by atoms with van der Waals surface area (Å²) in [6.07, 6.45) is -4.32. The van der Waals surface area contributed by atoms with Crippen molar-refractivity contribution in [3.8, 4) is 0 Å². The number of rotatable bonds is 4. The summed E-state index contributed by atoms with van der Waals surface area (Å²) in [7, 11) is -3.13. The van der Waals surface area contributed by atoms with E-state index in [1.54, 1.807) is 0 Å². The molecule has 7 nitrogen and oxygen atoms in total. The van der Waals surface area contributed by atoms with Gasteiger partial charge in [0, 0.05) is 25.7 Å². The van der Waals surface area contributed by atoms with Crippen molar-refractivity contribution in [3.63, 3.8) is 0 Å². The number of hydrogen-bond acceptors (Lipinski definition) is 4. The maximum atomic E-state index is 12.6. The Kier molecular flexibility index (Phi) is 4.22. The quantitative estimate of drug-likeness (QED) is 0.884. The van der Waals surface area contributed by atoms with Crippen LogP contribution >= 0.6 is 0 Å². The van der Waals surface area contributed by atoms with Crippen LogP contribution in [0.1, 0.15) is 25.0 Å². The van der Waals surface area contributed by atoms with Crippen molar-refractivity contribution < 1.29 is 31.5 Å². The number of halogens is 3. The summed E-state index contributed by atoms with van der Waals surface area (Å²) in [6.45, 7) is 0.0762. The number of carbonyl (C=O) groups is 1. The number of aromatic nitrogens is 2. The number of carboxylic acid groups (broad SMARTS) is 1. The fourth-order valence-electron chi connectivity index (χ4n) is 2.48. The van der Waals surface area contributed by atoms with E-state index in [1.807, 2.05) is 0 Å². The molecule has 124 valence electrons. The Bertz CT molecular complexity index is 683. The van der Waals surface area contributed by atoms with Crippen molar-refractivity contribution >= 4 is 16.0 Å². The highest BCUT2D eigenvalue weighted by molar-refractivity contribution is 7.89. The van der Waals surface area contributed by atoms with E-state index in [2.05, 4.69) is 5.10 Å². The molecule has 1 aliphatic heterocycles. The highest BCUT2D eigenvalue weighted by atomic mass is 32.2. The molecular weight excluding hydrogens is 327 g/mol. The van der Waals surface area contributed by atoms with Gasteiger partial charge in [0.25, 0.3) is 10.0 Å². The van der Waals surface area contributed by atoms with Crippen LogP contribution in [0.25, 0.3) is 0 Å². The second kappa shape index (κ2) is 5.54. The van der Waals surface area contributed by atoms with E-state index in [0.717, 1.165) is 11.4 Å². The maximum Gasteiger partial charge on any atom is 0.435 e. The summed E-state index contributed by atoms with van der Waals surface area (Å²) in [6, 6.07) is -0.294. The lowest BCUT2D eigenvalue weighted by molar-refractivity contribution is -0.141. The van der Waals surface area contributed by atoms with Gasteiger partial charge in [-0.2, -0.15) is 22.6 Å². The molecule has 0 aliphatic carbocycles. The molecule has 1 unspecified atom stereocenters. The summed E-state index contributed by atoms with van der Waals surface area (Å²) in [5.74, 6) is -1.16. The summed E-state index contributed by atoms with van der Waals surface area (Å²) < 4.78 is 64.5. The molecule has 11 heteroatoms.